The topological polar surface area (TPSA) is 127 Å². The normalized spacial score (nSPS) is 10.3. The third-order valence-corrected chi connectivity index (χ3v) is 2.86. The zero-order valence-corrected chi connectivity index (χ0v) is 12.4. The molecule has 0 radical (unpaired) electrons. The summed E-state index contributed by atoms with van der Waals surface area (Å²) in [7, 11) is 0. The Morgan fingerprint density at radius 1 is 1.17 bits per heavy atom. The second-order valence-electron chi connectivity index (χ2n) is 4.56. The number of amides is 2. The van der Waals surface area contributed by atoms with Crippen molar-refractivity contribution in [2.24, 2.45) is 5.10 Å². The van der Waals surface area contributed by atoms with Gasteiger partial charge in [0.15, 0.2) is 0 Å². The molecule has 2 amide bonds. The lowest BCUT2D eigenvalue weighted by molar-refractivity contribution is -0.384. The van der Waals surface area contributed by atoms with Gasteiger partial charge in [-0.1, -0.05) is 0 Å². The SMILES string of the molecule is O=C(CNC(=O)c1ccncc1)NN=Cc1ccc([N+](=O)[O-])cc1. The smallest absolute Gasteiger partial charge is 0.269 e. The molecule has 9 nitrogen and oxygen atoms in total. The zero-order valence-electron chi connectivity index (χ0n) is 12.4. The minimum absolute atomic E-state index is 0.0324. The van der Waals surface area contributed by atoms with Crippen molar-refractivity contribution < 1.29 is 14.5 Å². The first-order valence-corrected chi connectivity index (χ1v) is 6.81. The number of non-ortho nitro benzene ring substituents is 1. The van der Waals surface area contributed by atoms with E-state index in [0.29, 0.717) is 11.1 Å². The van der Waals surface area contributed by atoms with Crippen LogP contribution in [0.15, 0.2) is 53.9 Å². The van der Waals surface area contributed by atoms with Crippen LogP contribution >= 0.6 is 0 Å². The van der Waals surface area contributed by atoms with Crippen molar-refractivity contribution in [1.29, 1.82) is 0 Å². The first-order chi connectivity index (χ1) is 11.6. The minimum Gasteiger partial charge on any atom is -0.343 e. The van der Waals surface area contributed by atoms with Crippen LogP contribution in [0.1, 0.15) is 15.9 Å². The van der Waals surface area contributed by atoms with E-state index in [1.807, 2.05) is 0 Å². The number of rotatable bonds is 6. The minimum atomic E-state index is -0.506. The van der Waals surface area contributed by atoms with Crippen molar-refractivity contribution in [3.8, 4) is 0 Å². The van der Waals surface area contributed by atoms with Crippen LogP contribution < -0.4 is 10.7 Å². The van der Waals surface area contributed by atoms with E-state index in [2.05, 4.69) is 20.8 Å². The fourth-order valence-corrected chi connectivity index (χ4v) is 1.67. The van der Waals surface area contributed by atoms with Gasteiger partial charge in [0.1, 0.15) is 0 Å². The Balaban J connectivity index is 1.78. The summed E-state index contributed by atoms with van der Waals surface area (Å²) in [4.78, 5) is 37.1. The molecule has 2 N–H and O–H groups in total. The Kier molecular flexibility index (Phi) is 5.67. The van der Waals surface area contributed by atoms with Gasteiger partial charge in [0.05, 0.1) is 17.7 Å². The van der Waals surface area contributed by atoms with E-state index >= 15 is 0 Å². The number of carbonyl (C=O) groups excluding carboxylic acids is 2. The fraction of sp³-hybridized carbons (Fsp3) is 0.0667. The molecule has 1 aromatic heterocycles. The van der Waals surface area contributed by atoms with Crippen molar-refractivity contribution in [2.75, 3.05) is 6.54 Å². The van der Waals surface area contributed by atoms with Crippen LogP contribution in [0.3, 0.4) is 0 Å². The van der Waals surface area contributed by atoms with Crippen LogP contribution in [0, 0.1) is 10.1 Å². The van der Waals surface area contributed by atoms with Crippen LogP contribution in [0.4, 0.5) is 5.69 Å². The lowest BCUT2D eigenvalue weighted by Gasteiger charge is -2.03. The summed E-state index contributed by atoms with van der Waals surface area (Å²) in [6.07, 6.45) is 4.29. The van der Waals surface area contributed by atoms with E-state index < -0.39 is 16.7 Å². The highest BCUT2D eigenvalue weighted by Crippen LogP contribution is 2.10. The molecule has 0 saturated heterocycles. The molecule has 1 aromatic carbocycles. The summed E-state index contributed by atoms with van der Waals surface area (Å²) in [6.45, 7) is -0.237. The maximum atomic E-state index is 11.7. The number of hydrogen-bond acceptors (Lipinski definition) is 6. The van der Waals surface area contributed by atoms with Crippen LogP contribution in [0.2, 0.25) is 0 Å². The fourth-order valence-electron chi connectivity index (χ4n) is 1.67. The maximum Gasteiger partial charge on any atom is 0.269 e. The van der Waals surface area contributed by atoms with Crippen molar-refractivity contribution in [1.82, 2.24) is 15.7 Å². The van der Waals surface area contributed by atoms with Crippen LogP contribution in [0.5, 0.6) is 0 Å². The highest BCUT2D eigenvalue weighted by atomic mass is 16.6. The van der Waals surface area contributed by atoms with Crippen molar-refractivity contribution in [3.05, 3.63) is 70.0 Å². The van der Waals surface area contributed by atoms with E-state index in [4.69, 9.17) is 0 Å². The summed E-state index contributed by atoms with van der Waals surface area (Å²) in [5, 5.41) is 16.7. The van der Waals surface area contributed by atoms with Gasteiger partial charge in [0, 0.05) is 30.1 Å². The standard InChI is InChI=1S/C15H13N5O4/c21-14(10-17-15(22)12-5-7-16-8-6-12)19-18-9-11-1-3-13(4-2-11)20(23)24/h1-9H,10H2,(H,17,22)(H,19,21). The molecule has 0 aliphatic heterocycles. The Morgan fingerprint density at radius 3 is 2.46 bits per heavy atom. The summed E-state index contributed by atoms with van der Waals surface area (Å²) in [6, 6.07) is 8.72. The van der Waals surface area contributed by atoms with Gasteiger partial charge in [-0.2, -0.15) is 5.10 Å². The molecule has 24 heavy (non-hydrogen) atoms. The highest BCUT2D eigenvalue weighted by molar-refractivity contribution is 5.96. The first-order valence-electron chi connectivity index (χ1n) is 6.81. The van der Waals surface area contributed by atoms with Gasteiger partial charge in [-0.25, -0.2) is 5.43 Å². The molecule has 9 heteroatoms. The molecule has 0 unspecified atom stereocenters. The van der Waals surface area contributed by atoms with E-state index in [1.165, 1.54) is 55.0 Å². The summed E-state index contributed by atoms with van der Waals surface area (Å²) >= 11 is 0. The van der Waals surface area contributed by atoms with Crippen molar-refractivity contribution in [2.45, 2.75) is 0 Å². The van der Waals surface area contributed by atoms with E-state index in [0.717, 1.165) is 0 Å². The first kappa shape index (κ1) is 16.7. The van der Waals surface area contributed by atoms with Gasteiger partial charge >= 0.3 is 0 Å². The number of nitrogens with zero attached hydrogens (tertiary/aromatic N) is 3. The molecule has 0 atom stereocenters. The van der Waals surface area contributed by atoms with Crippen LogP contribution in [-0.4, -0.2) is 34.5 Å². The monoisotopic (exact) mass is 327 g/mol. The lowest BCUT2D eigenvalue weighted by atomic mass is 10.2. The average Bonchev–Trinajstić information content (AvgIpc) is 2.61. The molecular weight excluding hydrogens is 314 g/mol. The van der Waals surface area contributed by atoms with Gasteiger partial charge in [-0.05, 0) is 29.8 Å². The van der Waals surface area contributed by atoms with Crippen molar-refractivity contribution >= 4 is 23.7 Å². The summed E-state index contributed by atoms with van der Waals surface area (Å²) < 4.78 is 0. The third-order valence-electron chi connectivity index (χ3n) is 2.86. The summed E-state index contributed by atoms with van der Waals surface area (Å²) in [5.74, 6) is -0.900. The maximum absolute atomic E-state index is 11.7. The van der Waals surface area contributed by atoms with Gasteiger partial charge in [0.2, 0.25) is 0 Å². The number of hydrogen-bond donors (Lipinski definition) is 2. The van der Waals surface area contributed by atoms with Gasteiger partial charge in [0.25, 0.3) is 17.5 Å². The third kappa shape index (κ3) is 4.98. The molecule has 1 heterocycles. The van der Waals surface area contributed by atoms with E-state index in [1.54, 1.807) is 0 Å². The van der Waals surface area contributed by atoms with Gasteiger partial charge in [-0.15, -0.1) is 0 Å². The number of hydrazone groups is 1. The molecule has 0 saturated carbocycles. The Labute approximate surface area is 136 Å². The Hall–Kier alpha value is -3.62. The molecule has 0 aliphatic carbocycles. The Bertz CT molecular complexity index is 759. The molecule has 0 spiro atoms. The molecule has 0 fully saturated rings. The van der Waals surface area contributed by atoms with Gasteiger partial charge in [-0.3, -0.25) is 24.7 Å². The molecular formula is C15H13N5O4. The molecule has 122 valence electrons. The van der Waals surface area contributed by atoms with E-state index in [9.17, 15) is 19.7 Å². The second kappa shape index (κ2) is 8.13. The van der Waals surface area contributed by atoms with Crippen LogP contribution in [0.25, 0.3) is 0 Å². The predicted octanol–water partition coefficient (Wildman–Crippen LogP) is 0.870. The summed E-state index contributed by atoms with van der Waals surface area (Å²) in [5.41, 5.74) is 3.19. The quantitative estimate of drug-likeness (QED) is 0.462. The Morgan fingerprint density at radius 2 is 1.83 bits per heavy atom. The number of carbonyl (C=O) groups is 2. The number of pyridine rings is 1. The number of nitrogens with one attached hydrogen (secondary N) is 2. The van der Waals surface area contributed by atoms with Crippen molar-refractivity contribution in [3.63, 3.8) is 0 Å². The zero-order chi connectivity index (χ0) is 17.4. The predicted molar refractivity (Wildman–Crippen MR) is 85.4 cm³/mol. The number of benzene rings is 1. The number of nitro benzene ring substituents is 1. The molecule has 0 aliphatic rings. The molecule has 0 bridgehead atoms. The van der Waals surface area contributed by atoms with Gasteiger partial charge < -0.3 is 5.32 Å². The van der Waals surface area contributed by atoms with Crippen LogP contribution in [-0.2, 0) is 4.79 Å². The number of nitro groups is 1. The highest BCUT2D eigenvalue weighted by Gasteiger charge is 2.07. The largest absolute Gasteiger partial charge is 0.343 e. The van der Waals surface area contributed by atoms with E-state index in [-0.39, 0.29) is 12.2 Å². The second-order valence-corrected chi connectivity index (χ2v) is 4.56. The average molecular weight is 327 g/mol. The molecule has 2 rings (SSSR count). The molecule has 2 aromatic rings. The lowest BCUT2D eigenvalue weighted by Crippen LogP contribution is -2.34. The number of aromatic nitrogens is 1.